The number of benzene rings is 3. The Kier molecular flexibility index (Phi) is 4.23. The van der Waals surface area contributed by atoms with Gasteiger partial charge < -0.3 is 0 Å². The minimum atomic E-state index is 0.455. The van der Waals surface area contributed by atoms with Gasteiger partial charge in [0.05, 0.1) is 11.0 Å². The highest BCUT2D eigenvalue weighted by atomic mass is 35.5. The summed E-state index contributed by atoms with van der Waals surface area (Å²) in [4.78, 5) is 9.34. The zero-order valence-corrected chi connectivity index (χ0v) is 16.2. The summed E-state index contributed by atoms with van der Waals surface area (Å²) in [6, 6.07) is 28.2. The Balaban J connectivity index is 1.74. The number of fused-ring (bicyclic) bond motifs is 3. The third kappa shape index (κ3) is 2.91. The molecule has 0 bridgehead atoms. The monoisotopic (exact) mass is 400 g/mol. The molecule has 0 aliphatic carbocycles. The number of pyridine rings is 2. The van der Waals surface area contributed by atoms with Gasteiger partial charge in [-0.1, -0.05) is 96.0 Å². The van der Waals surface area contributed by atoms with Crippen molar-refractivity contribution in [3.05, 3.63) is 95.2 Å². The minimum absolute atomic E-state index is 0.455. The van der Waals surface area contributed by atoms with E-state index in [1.165, 1.54) is 0 Å². The molecule has 2 nitrogen and oxygen atoms in total. The molecule has 5 aromatic rings. The van der Waals surface area contributed by atoms with Crippen LogP contribution >= 0.6 is 23.2 Å². The highest BCUT2D eigenvalue weighted by molar-refractivity contribution is 6.34. The van der Waals surface area contributed by atoms with E-state index in [4.69, 9.17) is 23.2 Å². The summed E-state index contributed by atoms with van der Waals surface area (Å²) < 4.78 is 0. The third-order valence-electron chi connectivity index (χ3n) is 4.85. The lowest BCUT2D eigenvalue weighted by Crippen LogP contribution is -1.91. The zero-order chi connectivity index (χ0) is 19.1. The molecule has 0 N–H and O–H groups in total. The van der Waals surface area contributed by atoms with Crippen molar-refractivity contribution in [2.45, 2.75) is 0 Å². The summed E-state index contributed by atoms with van der Waals surface area (Å²) in [6.45, 7) is 0. The maximum Gasteiger partial charge on any atom is 0.137 e. The SMILES string of the molecule is Clc1nc2c(ccc3cc(-c4ccccc4)c(Cl)nc32)cc1-c1ccccc1. The fourth-order valence-corrected chi connectivity index (χ4v) is 3.96. The van der Waals surface area contributed by atoms with Crippen molar-refractivity contribution in [2.75, 3.05) is 0 Å². The van der Waals surface area contributed by atoms with Gasteiger partial charge in [-0.3, -0.25) is 0 Å². The molecular formula is C24H14Cl2N2. The number of halogens is 2. The quantitative estimate of drug-likeness (QED) is 0.227. The lowest BCUT2D eigenvalue weighted by atomic mass is 10.0. The van der Waals surface area contributed by atoms with Crippen LogP contribution in [0.15, 0.2) is 84.9 Å². The number of rotatable bonds is 2. The molecule has 0 atom stereocenters. The van der Waals surface area contributed by atoms with Crippen LogP contribution in [0.3, 0.4) is 0 Å². The van der Waals surface area contributed by atoms with E-state index in [1.807, 2.05) is 60.7 Å². The van der Waals surface area contributed by atoms with Crippen LogP contribution in [0.2, 0.25) is 10.3 Å². The number of hydrogen-bond donors (Lipinski definition) is 0. The molecule has 2 aromatic heterocycles. The Labute approximate surface area is 172 Å². The Morgan fingerprint density at radius 3 is 1.29 bits per heavy atom. The van der Waals surface area contributed by atoms with Crippen molar-refractivity contribution < 1.29 is 0 Å². The van der Waals surface area contributed by atoms with Gasteiger partial charge in [0.2, 0.25) is 0 Å². The molecule has 3 aromatic carbocycles. The molecule has 0 amide bonds. The van der Waals surface area contributed by atoms with E-state index in [0.29, 0.717) is 10.3 Å². The number of aromatic nitrogens is 2. The molecule has 134 valence electrons. The standard InChI is InChI=1S/C24H14Cl2N2/c25-23-19(15-7-3-1-4-8-15)13-17-11-12-18-14-20(16-9-5-2-6-10-16)24(26)28-22(18)21(17)27-23/h1-14H. The van der Waals surface area contributed by atoms with E-state index >= 15 is 0 Å². The van der Waals surface area contributed by atoms with E-state index in [9.17, 15) is 0 Å². The van der Waals surface area contributed by atoms with Crippen LogP contribution in [-0.4, -0.2) is 9.97 Å². The molecule has 4 heteroatoms. The van der Waals surface area contributed by atoms with Crippen LogP contribution in [0, 0.1) is 0 Å². The summed E-state index contributed by atoms with van der Waals surface area (Å²) in [5.74, 6) is 0. The van der Waals surface area contributed by atoms with Gasteiger partial charge in [0, 0.05) is 21.9 Å². The van der Waals surface area contributed by atoms with Crippen LogP contribution in [-0.2, 0) is 0 Å². The van der Waals surface area contributed by atoms with Gasteiger partial charge in [0.1, 0.15) is 10.3 Å². The van der Waals surface area contributed by atoms with E-state index in [2.05, 4.69) is 34.2 Å². The summed E-state index contributed by atoms with van der Waals surface area (Å²) >= 11 is 13.1. The van der Waals surface area contributed by atoms with E-state index < -0.39 is 0 Å². The maximum absolute atomic E-state index is 6.53. The lowest BCUT2D eigenvalue weighted by molar-refractivity contribution is 1.37. The molecular weight excluding hydrogens is 387 g/mol. The first-order chi connectivity index (χ1) is 13.7. The van der Waals surface area contributed by atoms with Crippen LogP contribution in [0.5, 0.6) is 0 Å². The average Bonchev–Trinajstić information content (AvgIpc) is 2.74. The third-order valence-corrected chi connectivity index (χ3v) is 5.42. The van der Waals surface area contributed by atoms with Crippen molar-refractivity contribution in [3.63, 3.8) is 0 Å². The smallest absolute Gasteiger partial charge is 0.137 e. The molecule has 0 unspecified atom stereocenters. The lowest BCUT2D eigenvalue weighted by Gasteiger charge is -2.10. The maximum atomic E-state index is 6.53. The predicted octanol–water partition coefficient (Wildman–Crippen LogP) is 7.42. The normalized spacial score (nSPS) is 11.2. The second-order valence-corrected chi connectivity index (χ2v) is 7.31. The van der Waals surface area contributed by atoms with Gasteiger partial charge in [0.15, 0.2) is 0 Å². The van der Waals surface area contributed by atoms with Crippen molar-refractivity contribution in [2.24, 2.45) is 0 Å². The van der Waals surface area contributed by atoms with Gasteiger partial charge in [-0.15, -0.1) is 0 Å². The molecule has 0 radical (unpaired) electrons. The fraction of sp³-hybridized carbons (Fsp3) is 0. The molecule has 28 heavy (non-hydrogen) atoms. The number of nitrogens with zero attached hydrogens (tertiary/aromatic N) is 2. The molecule has 5 rings (SSSR count). The molecule has 0 saturated heterocycles. The topological polar surface area (TPSA) is 25.8 Å². The Bertz CT molecular complexity index is 1210. The first kappa shape index (κ1) is 17.2. The fourth-order valence-electron chi connectivity index (χ4n) is 3.47. The van der Waals surface area contributed by atoms with Gasteiger partial charge in [-0.25, -0.2) is 9.97 Å². The summed E-state index contributed by atoms with van der Waals surface area (Å²) in [7, 11) is 0. The van der Waals surface area contributed by atoms with Crippen LogP contribution < -0.4 is 0 Å². The first-order valence-corrected chi connectivity index (χ1v) is 9.67. The van der Waals surface area contributed by atoms with Gasteiger partial charge in [0.25, 0.3) is 0 Å². The summed E-state index contributed by atoms with van der Waals surface area (Å²) in [5, 5.41) is 2.87. The largest absolute Gasteiger partial charge is 0.233 e. The molecule has 0 aliphatic heterocycles. The molecule has 2 heterocycles. The molecule has 0 saturated carbocycles. The second-order valence-electron chi connectivity index (χ2n) is 6.59. The van der Waals surface area contributed by atoms with Gasteiger partial charge in [-0.2, -0.15) is 0 Å². The van der Waals surface area contributed by atoms with Gasteiger partial charge >= 0.3 is 0 Å². The Hall–Kier alpha value is -2.94. The van der Waals surface area contributed by atoms with Crippen molar-refractivity contribution in [1.82, 2.24) is 9.97 Å². The van der Waals surface area contributed by atoms with Crippen molar-refractivity contribution in [1.29, 1.82) is 0 Å². The van der Waals surface area contributed by atoms with E-state index in [0.717, 1.165) is 44.1 Å². The Morgan fingerprint density at radius 1 is 0.500 bits per heavy atom. The minimum Gasteiger partial charge on any atom is -0.233 e. The van der Waals surface area contributed by atoms with Crippen LogP contribution in [0.1, 0.15) is 0 Å². The van der Waals surface area contributed by atoms with Crippen molar-refractivity contribution in [3.8, 4) is 22.3 Å². The predicted molar refractivity (Wildman–Crippen MR) is 118 cm³/mol. The van der Waals surface area contributed by atoms with E-state index in [1.54, 1.807) is 0 Å². The average molecular weight is 401 g/mol. The molecule has 0 fully saturated rings. The van der Waals surface area contributed by atoms with Gasteiger partial charge in [-0.05, 0) is 23.3 Å². The van der Waals surface area contributed by atoms with E-state index in [-0.39, 0.29) is 0 Å². The highest BCUT2D eigenvalue weighted by Gasteiger charge is 2.13. The zero-order valence-electron chi connectivity index (χ0n) is 14.7. The van der Waals surface area contributed by atoms with Crippen LogP contribution in [0.25, 0.3) is 44.1 Å². The summed E-state index contributed by atoms with van der Waals surface area (Å²) in [6.07, 6.45) is 0. The highest BCUT2D eigenvalue weighted by Crippen LogP contribution is 2.35. The summed E-state index contributed by atoms with van der Waals surface area (Å²) in [5.41, 5.74) is 5.38. The first-order valence-electron chi connectivity index (χ1n) is 8.91. The van der Waals surface area contributed by atoms with Crippen LogP contribution in [0.4, 0.5) is 0 Å². The Morgan fingerprint density at radius 2 is 0.893 bits per heavy atom. The molecule has 0 spiro atoms. The second kappa shape index (κ2) is 6.90. The molecule has 0 aliphatic rings. The number of hydrogen-bond acceptors (Lipinski definition) is 2. The van der Waals surface area contributed by atoms with Crippen molar-refractivity contribution >= 4 is 45.0 Å².